The molecule has 0 amide bonds. The van der Waals surface area contributed by atoms with Crippen LogP contribution in [0.25, 0.3) is 0 Å². The van der Waals surface area contributed by atoms with Crippen molar-refractivity contribution in [3.63, 3.8) is 0 Å². The van der Waals surface area contributed by atoms with Gasteiger partial charge in [0, 0.05) is 6.54 Å². The van der Waals surface area contributed by atoms with E-state index >= 15 is 0 Å². The second-order valence-corrected chi connectivity index (χ2v) is 5.41. The van der Waals surface area contributed by atoms with Crippen LogP contribution in [0.15, 0.2) is 18.2 Å². The van der Waals surface area contributed by atoms with Crippen molar-refractivity contribution in [1.29, 1.82) is 0 Å². The van der Waals surface area contributed by atoms with E-state index in [9.17, 15) is 8.78 Å². The first-order chi connectivity index (χ1) is 8.24. The Balaban J connectivity index is 1.64. The number of fused-ring (bicyclic) bond motifs is 2. The molecule has 2 aliphatic carbocycles. The Labute approximate surface area is 100 Å². The van der Waals surface area contributed by atoms with Gasteiger partial charge in [0.05, 0.1) is 0 Å². The minimum absolute atomic E-state index is 0.0373. The summed E-state index contributed by atoms with van der Waals surface area (Å²) in [4.78, 5) is 0. The molecule has 2 bridgehead atoms. The third kappa shape index (κ3) is 2.03. The molecule has 1 aromatic carbocycles. The molecule has 92 valence electrons. The SMILES string of the molecule is Fc1cccc(F)c1NCC1CC2CCC1C2. The maximum atomic E-state index is 13.4. The van der Waals surface area contributed by atoms with Crippen molar-refractivity contribution in [2.45, 2.75) is 25.7 Å². The van der Waals surface area contributed by atoms with Gasteiger partial charge in [-0.15, -0.1) is 0 Å². The van der Waals surface area contributed by atoms with Gasteiger partial charge in [0.1, 0.15) is 17.3 Å². The van der Waals surface area contributed by atoms with Crippen LogP contribution >= 0.6 is 0 Å². The molecule has 0 radical (unpaired) electrons. The van der Waals surface area contributed by atoms with Crippen molar-refractivity contribution in [2.75, 3.05) is 11.9 Å². The van der Waals surface area contributed by atoms with E-state index in [2.05, 4.69) is 5.32 Å². The monoisotopic (exact) mass is 237 g/mol. The van der Waals surface area contributed by atoms with Crippen molar-refractivity contribution >= 4 is 5.69 Å². The molecule has 0 heterocycles. The molecule has 0 saturated heterocycles. The minimum atomic E-state index is -0.492. The fourth-order valence-corrected chi connectivity index (χ4v) is 3.53. The number of hydrogen-bond acceptors (Lipinski definition) is 1. The van der Waals surface area contributed by atoms with Gasteiger partial charge in [-0.05, 0) is 49.1 Å². The molecule has 0 aromatic heterocycles. The number of rotatable bonds is 3. The molecule has 3 rings (SSSR count). The highest BCUT2D eigenvalue weighted by molar-refractivity contribution is 5.46. The topological polar surface area (TPSA) is 12.0 Å². The van der Waals surface area contributed by atoms with Crippen LogP contribution < -0.4 is 5.32 Å². The Bertz CT molecular complexity index is 398. The van der Waals surface area contributed by atoms with Gasteiger partial charge >= 0.3 is 0 Å². The minimum Gasteiger partial charge on any atom is -0.380 e. The van der Waals surface area contributed by atoms with Crippen LogP contribution in [0, 0.1) is 29.4 Å². The molecular weight excluding hydrogens is 220 g/mol. The summed E-state index contributed by atoms with van der Waals surface area (Å²) in [7, 11) is 0. The summed E-state index contributed by atoms with van der Waals surface area (Å²) in [6.07, 6.45) is 5.21. The maximum Gasteiger partial charge on any atom is 0.149 e. The lowest BCUT2D eigenvalue weighted by Crippen LogP contribution is -2.21. The summed E-state index contributed by atoms with van der Waals surface area (Å²) in [5.41, 5.74) is 0.0373. The summed E-state index contributed by atoms with van der Waals surface area (Å²) >= 11 is 0. The van der Waals surface area contributed by atoms with E-state index in [1.165, 1.54) is 43.9 Å². The van der Waals surface area contributed by atoms with Crippen LogP contribution in [0.4, 0.5) is 14.5 Å². The number of anilines is 1. The van der Waals surface area contributed by atoms with Crippen LogP contribution in [-0.2, 0) is 0 Å². The highest BCUT2D eigenvalue weighted by atomic mass is 19.1. The maximum absolute atomic E-state index is 13.4. The van der Waals surface area contributed by atoms with Crippen LogP contribution in [-0.4, -0.2) is 6.54 Å². The predicted molar refractivity (Wildman–Crippen MR) is 63.8 cm³/mol. The molecule has 3 heteroatoms. The molecule has 2 fully saturated rings. The summed E-state index contributed by atoms with van der Waals surface area (Å²) < 4.78 is 26.8. The highest BCUT2D eigenvalue weighted by Crippen LogP contribution is 2.48. The van der Waals surface area contributed by atoms with Crippen LogP contribution in [0.2, 0.25) is 0 Å². The number of benzene rings is 1. The van der Waals surface area contributed by atoms with E-state index in [-0.39, 0.29) is 5.69 Å². The lowest BCUT2D eigenvalue weighted by atomic mass is 9.89. The molecule has 3 unspecified atom stereocenters. The fourth-order valence-electron chi connectivity index (χ4n) is 3.53. The average Bonchev–Trinajstić information content (AvgIpc) is 2.90. The standard InChI is InChI=1S/C14H17F2N/c15-12-2-1-3-13(16)14(12)17-8-11-7-9-4-5-10(11)6-9/h1-3,9-11,17H,4-8H2. The van der Waals surface area contributed by atoms with E-state index < -0.39 is 11.6 Å². The normalized spacial score (nSPS) is 30.8. The quantitative estimate of drug-likeness (QED) is 0.842. The first kappa shape index (κ1) is 11.0. The Kier molecular flexibility index (Phi) is 2.77. The molecule has 0 spiro atoms. The molecule has 1 N–H and O–H groups in total. The Morgan fingerprint density at radius 1 is 1.12 bits per heavy atom. The van der Waals surface area contributed by atoms with E-state index in [0.717, 1.165) is 11.8 Å². The van der Waals surface area contributed by atoms with Crippen LogP contribution in [0.5, 0.6) is 0 Å². The molecule has 17 heavy (non-hydrogen) atoms. The van der Waals surface area contributed by atoms with Gasteiger partial charge in [0.15, 0.2) is 0 Å². The lowest BCUT2D eigenvalue weighted by molar-refractivity contribution is 0.347. The van der Waals surface area contributed by atoms with Gasteiger partial charge in [-0.1, -0.05) is 12.5 Å². The van der Waals surface area contributed by atoms with Crippen molar-refractivity contribution in [3.8, 4) is 0 Å². The van der Waals surface area contributed by atoms with E-state index in [4.69, 9.17) is 0 Å². The zero-order chi connectivity index (χ0) is 11.8. The molecule has 1 aromatic rings. The zero-order valence-corrected chi connectivity index (χ0v) is 9.76. The van der Waals surface area contributed by atoms with Crippen molar-refractivity contribution < 1.29 is 8.78 Å². The summed E-state index contributed by atoms with van der Waals surface area (Å²) in [5, 5.41) is 2.96. The van der Waals surface area contributed by atoms with Crippen molar-refractivity contribution in [1.82, 2.24) is 0 Å². The predicted octanol–water partition coefficient (Wildman–Crippen LogP) is 3.81. The summed E-state index contributed by atoms with van der Waals surface area (Å²) in [6, 6.07) is 3.99. The smallest absolute Gasteiger partial charge is 0.149 e. The zero-order valence-electron chi connectivity index (χ0n) is 9.76. The van der Waals surface area contributed by atoms with Crippen molar-refractivity contribution in [2.24, 2.45) is 17.8 Å². The molecule has 0 aliphatic heterocycles. The highest BCUT2D eigenvalue weighted by Gasteiger charge is 2.39. The number of halogens is 2. The Morgan fingerprint density at radius 3 is 2.47 bits per heavy atom. The van der Waals surface area contributed by atoms with E-state index in [1.807, 2.05) is 0 Å². The van der Waals surface area contributed by atoms with Crippen LogP contribution in [0.3, 0.4) is 0 Å². The molecular formula is C14H17F2N. The van der Waals surface area contributed by atoms with Gasteiger partial charge in [0.25, 0.3) is 0 Å². The molecule has 2 saturated carbocycles. The van der Waals surface area contributed by atoms with Gasteiger partial charge in [-0.25, -0.2) is 8.78 Å². The van der Waals surface area contributed by atoms with E-state index in [1.54, 1.807) is 0 Å². The summed E-state index contributed by atoms with van der Waals surface area (Å²) in [5.74, 6) is 1.27. The Hall–Kier alpha value is -1.12. The van der Waals surface area contributed by atoms with E-state index in [0.29, 0.717) is 12.5 Å². The molecule has 3 atom stereocenters. The number of hydrogen-bond donors (Lipinski definition) is 1. The molecule has 1 nitrogen and oxygen atoms in total. The third-order valence-corrected chi connectivity index (χ3v) is 4.39. The van der Waals surface area contributed by atoms with Crippen molar-refractivity contribution in [3.05, 3.63) is 29.8 Å². The molecule has 2 aliphatic rings. The van der Waals surface area contributed by atoms with Gasteiger partial charge < -0.3 is 5.32 Å². The second-order valence-electron chi connectivity index (χ2n) is 5.41. The Morgan fingerprint density at radius 2 is 1.88 bits per heavy atom. The average molecular weight is 237 g/mol. The second kappa shape index (κ2) is 4.28. The summed E-state index contributed by atoms with van der Waals surface area (Å²) in [6.45, 7) is 0.707. The largest absolute Gasteiger partial charge is 0.380 e. The van der Waals surface area contributed by atoms with Gasteiger partial charge in [-0.3, -0.25) is 0 Å². The lowest BCUT2D eigenvalue weighted by Gasteiger charge is -2.22. The third-order valence-electron chi connectivity index (χ3n) is 4.39. The van der Waals surface area contributed by atoms with Gasteiger partial charge in [0.2, 0.25) is 0 Å². The fraction of sp³-hybridized carbons (Fsp3) is 0.571. The van der Waals surface area contributed by atoms with Crippen LogP contribution in [0.1, 0.15) is 25.7 Å². The number of nitrogens with one attached hydrogen (secondary N) is 1. The van der Waals surface area contributed by atoms with Gasteiger partial charge in [-0.2, -0.15) is 0 Å². The first-order valence-electron chi connectivity index (χ1n) is 6.42. The first-order valence-corrected chi connectivity index (χ1v) is 6.42. The number of para-hydroxylation sites is 1.